The Morgan fingerprint density at radius 1 is 0.812 bits per heavy atom. The van der Waals surface area contributed by atoms with Crippen molar-refractivity contribution < 1.29 is 0 Å². The Kier molecular flexibility index (Phi) is 5.35. The lowest BCUT2D eigenvalue weighted by atomic mass is 10.1. The molecule has 0 bridgehead atoms. The van der Waals surface area contributed by atoms with Crippen LogP contribution in [0.3, 0.4) is 0 Å². The second-order valence-electron chi connectivity index (χ2n) is 8.66. The first-order valence-corrected chi connectivity index (χ1v) is 11.1. The molecule has 0 atom stereocenters. The van der Waals surface area contributed by atoms with Crippen LogP contribution >= 0.6 is 0 Å². The van der Waals surface area contributed by atoms with Crippen LogP contribution in [-0.2, 0) is 19.6 Å². The van der Waals surface area contributed by atoms with Crippen LogP contribution in [0.25, 0.3) is 22.1 Å². The molecular weight excluding hydrogens is 398 g/mol. The Labute approximate surface area is 186 Å². The van der Waals surface area contributed by atoms with Gasteiger partial charge in [-0.25, -0.2) is 9.78 Å². The van der Waals surface area contributed by atoms with E-state index in [2.05, 4.69) is 29.5 Å². The molecule has 2 aromatic carbocycles. The molecule has 0 unspecified atom stereocenters. The molecule has 5 aromatic rings. The zero-order chi connectivity index (χ0) is 22.1. The topological polar surface area (TPSA) is 57.6 Å². The van der Waals surface area contributed by atoms with E-state index in [9.17, 15) is 4.79 Å². The quantitative estimate of drug-likeness (QED) is 0.380. The summed E-state index contributed by atoms with van der Waals surface area (Å²) >= 11 is 0. The highest BCUT2D eigenvalue weighted by molar-refractivity contribution is 5.77. The SMILES string of the molecule is CC(C)CCn1c(Cn2c(=O)n(Cc3ccccc3)c3ccncc32)nc2ccccc21. The molecule has 5 rings (SSSR count). The Morgan fingerprint density at radius 2 is 1.56 bits per heavy atom. The van der Waals surface area contributed by atoms with Crippen molar-refractivity contribution >= 4 is 22.1 Å². The van der Waals surface area contributed by atoms with Gasteiger partial charge in [0.05, 0.1) is 41.4 Å². The van der Waals surface area contributed by atoms with Crippen LogP contribution < -0.4 is 5.69 Å². The lowest BCUT2D eigenvalue weighted by Crippen LogP contribution is -2.26. The van der Waals surface area contributed by atoms with E-state index >= 15 is 0 Å². The van der Waals surface area contributed by atoms with Crippen LogP contribution in [0.1, 0.15) is 31.7 Å². The van der Waals surface area contributed by atoms with Gasteiger partial charge in [-0.3, -0.25) is 14.1 Å². The maximum Gasteiger partial charge on any atom is 0.329 e. The fraction of sp³-hybridized carbons (Fsp3) is 0.269. The predicted molar refractivity (Wildman–Crippen MR) is 128 cm³/mol. The number of rotatable bonds is 7. The highest BCUT2D eigenvalue weighted by Gasteiger charge is 2.18. The predicted octanol–water partition coefficient (Wildman–Crippen LogP) is 4.69. The van der Waals surface area contributed by atoms with E-state index in [-0.39, 0.29) is 5.69 Å². The molecule has 0 aliphatic carbocycles. The van der Waals surface area contributed by atoms with Crippen LogP contribution in [0.4, 0.5) is 0 Å². The third-order valence-corrected chi connectivity index (χ3v) is 5.97. The van der Waals surface area contributed by atoms with E-state index < -0.39 is 0 Å². The number of aromatic nitrogens is 5. The molecule has 0 amide bonds. The van der Waals surface area contributed by atoms with Crippen molar-refractivity contribution in [2.24, 2.45) is 5.92 Å². The van der Waals surface area contributed by atoms with Crippen molar-refractivity contribution in [1.82, 2.24) is 23.7 Å². The van der Waals surface area contributed by atoms with Gasteiger partial charge >= 0.3 is 5.69 Å². The van der Waals surface area contributed by atoms with Crippen molar-refractivity contribution in [3.63, 3.8) is 0 Å². The number of fused-ring (bicyclic) bond motifs is 2. The number of nitrogens with zero attached hydrogens (tertiary/aromatic N) is 5. The summed E-state index contributed by atoms with van der Waals surface area (Å²) in [5, 5.41) is 0. The zero-order valence-electron chi connectivity index (χ0n) is 18.5. The highest BCUT2D eigenvalue weighted by atomic mass is 16.1. The second kappa shape index (κ2) is 8.46. The molecule has 0 spiro atoms. The maximum absolute atomic E-state index is 13.6. The molecule has 0 radical (unpaired) electrons. The Hall–Kier alpha value is -3.67. The molecule has 6 nitrogen and oxygen atoms in total. The van der Waals surface area contributed by atoms with Crippen molar-refractivity contribution in [1.29, 1.82) is 0 Å². The molecule has 3 heterocycles. The molecule has 162 valence electrons. The van der Waals surface area contributed by atoms with E-state index in [0.29, 0.717) is 19.0 Å². The van der Waals surface area contributed by atoms with Gasteiger partial charge in [0.25, 0.3) is 0 Å². The first-order valence-electron chi connectivity index (χ1n) is 11.1. The molecule has 6 heteroatoms. The minimum atomic E-state index is -0.0423. The van der Waals surface area contributed by atoms with Crippen LogP contribution in [0.15, 0.2) is 77.9 Å². The molecule has 3 aromatic heterocycles. The molecule has 0 N–H and O–H groups in total. The van der Waals surface area contributed by atoms with Gasteiger partial charge < -0.3 is 4.57 Å². The first kappa shape index (κ1) is 20.2. The van der Waals surface area contributed by atoms with E-state index in [1.165, 1.54) is 0 Å². The minimum absolute atomic E-state index is 0.0423. The zero-order valence-corrected chi connectivity index (χ0v) is 18.5. The summed E-state index contributed by atoms with van der Waals surface area (Å²) in [5.41, 5.74) is 4.84. The summed E-state index contributed by atoms with van der Waals surface area (Å²) in [6.45, 7) is 6.27. The maximum atomic E-state index is 13.6. The smallest absolute Gasteiger partial charge is 0.326 e. The van der Waals surface area contributed by atoms with Gasteiger partial charge in [0.15, 0.2) is 0 Å². The van der Waals surface area contributed by atoms with Crippen LogP contribution in [0, 0.1) is 5.92 Å². The summed E-state index contributed by atoms with van der Waals surface area (Å²) in [6.07, 6.45) is 4.57. The number of hydrogen-bond donors (Lipinski definition) is 0. The molecular formula is C26H27N5O. The monoisotopic (exact) mass is 425 g/mol. The van der Waals surface area contributed by atoms with Gasteiger partial charge in [0.2, 0.25) is 0 Å². The van der Waals surface area contributed by atoms with Crippen molar-refractivity contribution in [2.45, 2.75) is 39.9 Å². The summed E-state index contributed by atoms with van der Waals surface area (Å²) < 4.78 is 5.89. The highest BCUT2D eigenvalue weighted by Crippen LogP contribution is 2.20. The molecule has 0 saturated carbocycles. The average molecular weight is 426 g/mol. The van der Waals surface area contributed by atoms with Crippen LogP contribution in [-0.4, -0.2) is 23.7 Å². The Bertz CT molecular complexity index is 1430. The molecule has 0 fully saturated rings. The van der Waals surface area contributed by atoms with Gasteiger partial charge in [-0.2, -0.15) is 0 Å². The fourth-order valence-corrected chi connectivity index (χ4v) is 4.26. The van der Waals surface area contributed by atoms with Gasteiger partial charge in [0.1, 0.15) is 5.82 Å². The largest absolute Gasteiger partial charge is 0.329 e. The lowest BCUT2D eigenvalue weighted by molar-refractivity contribution is 0.507. The van der Waals surface area contributed by atoms with Crippen molar-refractivity contribution in [3.05, 3.63) is 94.9 Å². The van der Waals surface area contributed by atoms with Crippen LogP contribution in [0.2, 0.25) is 0 Å². The average Bonchev–Trinajstić information content (AvgIpc) is 3.29. The summed E-state index contributed by atoms with van der Waals surface area (Å²) in [6, 6.07) is 20.2. The second-order valence-corrected chi connectivity index (χ2v) is 8.66. The van der Waals surface area contributed by atoms with E-state index in [1.807, 2.05) is 59.2 Å². The van der Waals surface area contributed by atoms with Gasteiger partial charge in [-0.1, -0.05) is 56.3 Å². The Balaban J connectivity index is 1.61. The number of benzene rings is 2. The van der Waals surface area contributed by atoms with Crippen molar-refractivity contribution in [3.8, 4) is 0 Å². The number of hydrogen-bond acceptors (Lipinski definition) is 3. The summed E-state index contributed by atoms with van der Waals surface area (Å²) in [5.74, 6) is 1.49. The fourth-order valence-electron chi connectivity index (χ4n) is 4.26. The minimum Gasteiger partial charge on any atom is -0.326 e. The van der Waals surface area contributed by atoms with E-state index in [1.54, 1.807) is 17.0 Å². The Morgan fingerprint density at radius 3 is 2.38 bits per heavy atom. The molecule has 32 heavy (non-hydrogen) atoms. The van der Waals surface area contributed by atoms with Crippen LogP contribution in [0.5, 0.6) is 0 Å². The summed E-state index contributed by atoms with van der Waals surface area (Å²) in [4.78, 5) is 22.8. The standard InChI is InChI=1S/C26H27N5O/c1-19(2)13-15-29-22-11-7-6-10-21(22)28-25(29)18-31-24-16-27-14-12-23(24)30(26(31)32)17-20-8-4-3-5-9-20/h3-12,14,16,19H,13,15,17-18H2,1-2H3. The van der Waals surface area contributed by atoms with Gasteiger partial charge in [-0.05, 0) is 36.1 Å². The third kappa shape index (κ3) is 3.73. The number of aryl methyl sites for hydroxylation is 1. The summed E-state index contributed by atoms with van der Waals surface area (Å²) in [7, 11) is 0. The lowest BCUT2D eigenvalue weighted by Gasteiger charge is -2.11. The van der Waals surface area contributed by atoms with Crippen molar-refractivity contribution in [2.75, 3.05) is 0 Å². The van der Waals surface area contributed by atoms with Gasteiger partial charge in [-0.15, -0.1) is 0 Å². The first-order chi connectivity index (χ1) is 15.6. The number of pyridine rings is 1. The normalized spacial score (nSPS) is 11.7. The van der Waals surface area contributed by atoms with Gasteiger partial charge in [0, 0.05) is 12.7 Å². The molecule has 0 saturated heterocycles. The molecule has 0 aliphatic heterocycles. The number of imidazole rings is 2. The van der Waals surface area contributed by atoms with E-state index in [4.69, 9.17) is 4.98 Å². The molecule has 0 aliphatic rings. The third-order valence-electron chi connectivity index (χ3n) is 5.97. The number of para-hydroxylation sites is 2. The van der Waals surface area contributed by atoms with E-state index in [0.717, 1.165) is 46.4 Å².